The second kappa shape index (κ2) is 12.2. The van der Waals surface area contributed by atoms with Crippen LogP contribution in [0, 0.1) is 24.0 Å². The third-order valence-electron chi connectivity index (χ3n) is 3.78. The predicted octanol–water partition coefficient (Wildman–Crippen LogP) is 2.31. The van der Waals surface area contributed by atoms with Gasteiger partial charge in [0.25, 0.3) is 5.69 Å². The number of guanidine groups is 1. The Morgan fingerprint density at radius 2 is 2.03 bits per heavy atom. The SMILES string of the molecule is CCNC(=NCc1nc(C)c(C)o1)NCC(O)COc1ccc([N+](=O)[O-])cc1.I. The molecule has 1 heterocycles. The molecule has 0 fully saturated rings. The minimum atomic E-state index is -0.801. The van der Waals surface area contributed by atoms with Gasteiger partial charge in [0.15, 0.2) is 5.96 Å². The van der Waals surface area contributed by atoms with Crippen molar-refractivity contribution in [3.63, 3.8) is 0 Å². The van der Waals surface area contributed by atoms with Gasteiger partial charge in [0, 0.05) is 25.2 Å². The molecule has 0 saturated carbocycles. The van der Waals surface area contributed by atoms with Crippen molar-refractivity contribution in [2.75, 3.05) is 19.7 Å². The van der Waals surface area contributed by atoms with Gasteiger partial charge >= 0.3 is 0 Å². The summed E-state index contributed by atoms with van der Waals surface area (Å²) < 4.78 is 10.9. The highest BCUT2D eigenvalue weighted by Gasteiger charge is 2.10. The van der Waals surface area contributed by atoms with E-state index >= 15 is 0 Å². The summed E-state index contributed by atoms with van der Waals surface area (Å²) in [5.74, 6) is 2.25. The minimum absolute atomic E-state index is 0. The minimum Gasteiger partial charge on any atom is -0.491 e. The van der Waals surface area contributed by atoms with Gasteiger partial charge < -0.3 is 24.9 Å². The number of aliphatic hydroxyl groups is 1. The molecule has 0 aliphatic rings. The number of halogens is 1. The number of aryl methyl sites for hydroxylation is 2. The van der Waals surface area contributed by atoms with Crippen LogP contribution in [0.25, 0.3) is 0 Å². The molecule has 10 nitrogen and oxygen atoms in total. The number of ether oxygens (including phenoxy) is 1. The van der Waals surface area contributed by atoms with E-state index in [4.69, 9.17) is 9.15 Å². The summed E-state index contributed by atoms with van der Waals surface area (Å²) in [5.41, 5.74) is 0.819. The van der Waals surface area contributed by atoms with Crippen molar-refractivity contribution in [2.24, 2.45) is 4.99 Å². The van der Waals surface area contributed by atoms with Crippen LogP contribution in [-0.2, 0) is 6.54 Å². The lowest BCUT2D eigenvalue weighted by Gasteiger charge is -2.15. The second-order valence-corrected chi connectivity index (χ2v) is 6.04. The van der Waals surface area contributed by atoms with Crippen LogP contribution in [0.3, 0.4) is 0 Å². The van der Waals surface area contributed by atoms with Crippen molar-refractivity contribution >= 4 is 35.6 Å². The van der Waals surface area contributed by atoms with Crippen molar-refractivity contribution in [3.8, 4) is 5.75 Å². The number of aliphatic imine (C=N–C) groups is 1. The molecule has 1 unspecified atom stereocenters. The van der Waals surface area contributed by atoms with E-state index in [0.29, 0.717) is 24.1 Å². The first-order valence-electron chi connectivity index (χ1n) is 8.89. The quantitative estimate of drug-likeness (QED) is 0.151. The number of benzene rings is 1. The van der Waals surface area contributed by atoms with Gasteiger partial charge in [-0.05, 0) is 32.9 Å². The molecule has 0 bridgehead atoms. The maximum atomic E-state index is 10.6. The van der Waals surface area contributed by atoms with Gasteiger partial charge in [0.2, 0.25) is 5.89 Å². The summed E-state index contributed by atoms with van der Waals surface area (Å²) in [6.07, 6.45) is -0.801. The number of rotatable bonds is 9. The third-order valence-corrected chi connectivity index (χ3v) is 3.78. The molecule has 0 radical (unpaired) electrons. The van der Waals surface area contributed by atoms with Gasteiger partial charge in [0.05, 0.1) is 10.6 Å². The summed E-state index contributed by atoms with van der Waals surface area (Å²) in [5, 5.41) is 26.8. The predicted molar refractivity (Wildman–Crippen MR) is 119 cm³/mol. The van der Waals surface area contributed by atoms with Crippen molar-refractivity contribution in [2.45, 2.75) is 33.4 Å². The summed E-state index contributed by atoms with van der Waals surface area (Å²) >= 11 is 0. The monoisotopic (exact) mass is 519 g/mol. The van der Waals surface area contributed by atoms with Crippen molar-refractivity contribution in [1.29, 1.82) is 0 Å². The van der Waals surface area contributed by atoms with Crippen molar-refractivity contribution < 1.29 is 19.2 Å². The highest BCUT2D eigenvalue weighted by molar-refractivity contribution is 14.0. The Morgan fingerprint density at radius 3 is 2.59 bits per heavy atom. The van der Waals surface area contributed by atoms with Crippen LogP contribution in [0.15, 0.2) is 33.7 Å². The number of hydrogen-bond donors (Lipinski definition) is 3. The molecule has 0 spiro atoms. The van der Waals surface area contributed by atoms with E-state index in [1.165, 1.54) is 24.3 Å². The molecule has 11 heteroatoms. The zero-order valence-corrected chi connectivity index (χ0v) is 18.9. The fourth-order valence-electron chi connectivity index (χ4n) is 2.23. The maximum absolute atomic E-state index is 10.6. The normalized spacial score (nSPS) is 12.1. The van der Waals surface area contributed by atoms with E-state index in [0.717, 1.165) is 11.5 Å². The Bertz CT molecular complexity index is 790. The average molecular weight is 519 g/mol. The van der Waals surface area contributed by atoms with Gasteiger partial charge in [-0.1, -0.05) is 0 Å². The van der Waals surface area contributed by atoms with Gasteiger partial charge in [0.1, 0.15) is 30.8 Å². The number of aliphatic hydroxyl groups excluding tert-OH is 1. The molecule has 0 aliphatic heterocycles. The lowest BCUT2D eigenvalue weighted by Crippen LogP contribution is -2.42. The third kappa shape index (κ3) is 8.23. The topological polar surface area (TPSA) is 135 Å². The fraction of sp³-hybridized carbons (Fsp3) is 0.444. The van der Waals surface area contributed by atoms with Gasteiger partial charge in [-0.3, -0.25) is 10.1 Å². The highest BCUT2D eigenvalue weighted by Crippen LogP contribution is 2.17. The molecule has 2 rings (SSSR count). The van der Waals surface area contributed by atoms with Crippen LogP contribution >= 0.6 is 24.0 Å². The van der Waals surface area contributed by atoms with Crippen LogP contribution in [0.5, 0.6) is 5.75 Å². The number of hydrogen-bond acceptors (Lipinski definition) is 7. The largest absolute Gasteiger partial charge is 0.491 e. The number of nitrogens with zero attached hydrogens (tertiary/aromatic N) is 3. The van der Waals surface area contributed by atoms with Crippen LogP contribution in [0.1, 0.15) is 24.3 Å². The highest BCUT2D eigenvalue weighted by atomic mass is 127. The average Bonchev–Trinajstić information content (AvgIpc) is 3.00. The molecule has 2 aromatic rings. The molecule has 0 amide bonds. The Balaban J connectivity index is 0.00000420. The second-order valence-electron chi connectivity index (χ2n) is 6.04. The fourth-order valence-corrected chi connectivity index (χ4v) is 2.23. The Morgan fingerprint density at radius 1 is 1.34 bits per heavy atom. The van der Waals surface area contributed by atoms with E-state index in [9.17, 15) is 15.2 Å². The van der Waals surface area contributed by atoms with Gasteiger partial charge in [-0.2, -0.15) is 0 Å². The molecule has 160 valence electrons. The van der Waals surface area contributed by atoms with Crippen LogP contribution in [0.2, 0.25) is 0 Å². The number of oxazole rings is 1. The number of nitrogens with one attached hydrogen (secondary N) is 2. The number of non-ortho nitro benzene ring substituents is 1. The van der Waals surface area contributed by atoms with Crippen LogP contribution in [-0.4, -0.2) is 46.8 Å². The van der Waals surface area contributed by atoms with Gasteiger partial charge in [-0.25, -0.2) is 9.98 Å². The number of nitro groups is 1. The summed E-state index contributed by atoms with van der Waals surface area (Å²) in [4.78, 5) is 18.8. The Kier molecular flexibility index (Phi) is 10.4. The zero-order valence-electron chi connectivity index (χ0n) is 16.5. The molecular weight excluding hydrogens is 493 g/mol. The molecular formula is C18H26IN5O5. The van der Waals surface area contributed by atoms with Crippen LogP contribution in [0.4, 0.5) is 5.69 Å². The molecule has 0 saturated heterocycles. The Hall–Kier alpha value is -2.41. The Labute approximate surface area is 185 Å². The first-order chi connectivity index (χ1) is 13.4. The lowest BCUT2D eigenvalue weighted by atomic mass is 10.3. The van der Waals surface area contributed by atoms with E-state index < -0.39 is 11.0 Å². The maximum Gasteiger partial charge on any atom is 0.269 e. The van der Waals surface area contributed by atoms with Gasteiger partial charge in [-0.15, -0.1) is 24.0 Å². The standard InChI is InChI=1S/C18H25N5O5.HI/c1-4-19-18(21-10-17-22-12(2)13(3)28-17)20-9-15(24)11-27-16-7-5-14(6-8-16)23(25)26;/h5-8,15,24H,4,9-11H2,1-3H3,(H2,19,20,21);1H. The van der Waals surface area contributed by atoms with Crippen molar-refractivity contribution in [3.05, 3.63) is 51.7 Å². The molecule has 3 N–H and O–H groups in total. The molecule has 0 aliphatic carbocycles. The smallest absolute Gasteiger partial charge is 0.269 e. The first-order valence-corrected chi connectivity index (χ1v) is 8.89. The van der Waals surface area contributed by atoms with E-state index in [2.05, 4.69) is 20.6 Å². The van der Waals surface area contributed by atoms with Crippen molar-refractivity contribution in [1.82, 2.24) is 15.6 Å². The summed E-state index contributed by atoms with van der Waals surface area (Å²) in [7, 11) is 0. The number of nitro benzene ring substituents is 1. The van der Waals surface area contributed by atoms with E-state index in [-0.39, 0.29) is 49.4 Å². The summed E-state index contributed by atoms with van der Waals surface area (Å²) in [6.45, 7) is 6.83. The van der Waals surface area contributed by atoms with E-state index in [1.807, 2.05) is 20.8 Å². The van der Waals surface area contributed by atoms with E-state index in [1.54, 1.807) is 0 Å². The van der Waals surface area contributed by atoms with Crippen LogP contribution < -0.4 is 15.4 Å². The molecule has 29 heavy (non-hydrogen) atoms. The molecule has 1 atom stereocenters. The summed E-state index contributed by atoms with van der Waals surface area (Å²) in [6, 6.07) is 5.68. The zero-order chi connectivity index (χ0) is 20.5. The first kappa shape index (κ1) is 24.6. The molecule has 1 aromatic carbocycles. The molecule has 1 aromatic heterocycles. The number of aromatic nitrogens is 1. The lowest BCUT2D eigenvalue weighted by molar-refractivity contribution is -0.384.